The third kappa shape index (κ3) is 4.61. The van der Waals surface area contributed by atoms with Gasteiger partial charge in [-0.05, 0) is 43.9 Å². The molecule has 2 aliphatic rings. The smallest absolute Gasteiger partial charge is 0.220 e. The number of alkyl halides is 1. The molecule has 1 N–H and O–H groups in total. The second kappa shape index (κ2) is 6.77. The molecule has 0 radical (unpaired) electrons. The third-order valence-corrected chi connectivity index (χ3v) is 5.09. The number of amides is 1. The van der Waals surface area contributed by atoms with Gasteiger partial charge in [-0.2, -0.15) is 0 Å². The number of carbonyl (C=O) groups excluding carboxylic acids is 1. The molecule has 2 saturated carbocycles. The van der Waals surface area contributed by atoms with Crippen LogP contribution in [0.2, 0.25) is 0 Å². The summed E-state index contributed by atoms with van der Waals surface area (Å²) in [5.74, 6) is 1.65. The van der Waals surface area contributed by atoms with Crippen molar-refractivity contribution in [2.45, 2.75) is 62.6 Å². The second-order valence-electron chi connectivity index (χ2n) is 5.79. The highest BCUT2D eigenvalue weighted by molar-refractivity contribution is 9.09. The molecule has 2 rings (SSSR count). The van der Waals surface area contributed by atoms with Gasteiger partial charge in [0, 0.05) is 17.8 Å². The summed E-state index contributed by atoms with van der Waals surface area (Å²) in [6.07, 6.45) is 11.1. The van der Waals surface area contributed by atoms with Gasteiger partial charge in [0.15, 0.2) is 0 Å². The highest BCUT2D eigenvalue weighted by Crippen LogP contribution is 2.29. The van der Waals surface area contributed by atoms with Gasteiger partial charge in [0.25, 0.3) is 0 Å². The number of nitrogens with one attached hydrogen (secondary N) is 1. The van der Waals surface area contributed by atoms with E-state index >= 15 is 0 Å². The van der Waals surface area contributed by atoms with Crippen LogP contribution in [0, 0.1) is 11.8 Å². The molecule has 2 unspecified atom stereocenters. The first-order valence-electron chi connectivity index (χ1n) is 7.15. The van der Waals surface area contributed by atoms with E-state index in [4.69, 9.17) is 0 Å². The number of halogens is 1. The normalized spacial score (nSPS) is 30.4. The third-order valence-electron chi connectivity index (χ3n) is 4.26. The van der Waals surface area contributed by atoms with Crippen molar-refractivity contribution in [3.05, 3.63) is 0 Å². The first kappa shape index (κ1) is 13.4. The molecule has 0 aromatic rings. The average molecular weight is 302 g/mol. The van der Waals surface area contributed by atoms with Crippen molar-refractivity contribution in [1.82, 2.24) is 5.32 Å². The van der Waals surface area contributed by atoms with Crippen molar-refractivity contribution >= 4 is 21.8 Å². The summed E-state index contributed by atoms with van der Waals surface area (Å²) in [4.78, 5) is 12.5. The molecule has 2 aliphatic carbocycles. The predicted molar refractivity (Wildman–Crippen MR) is 74.3 cm³/mol. The van der Waals surface area contributed by atoms with Crippen LogP contribution >= 0.6 is 15.9 Å². The van der Waals surface area contributed by atoms with E-state index in [9.17, 15) is 4.79 Å². The Balaban J connectivity index is 1.61. The fourth-order valence-electron chi connectivity index (χ4n) is 3.22. The maximum atomic E-state index is 11.8. The predicted octanol–water partition coefficient (Wildman–Crippen LogP) is 3.64. The fourth-order valence-corrected chi connectivity index (χ4v) is 4.07. The molecule has 0 aromatic carbocycles. The average Bonchev–Trinajstić information content (AvgIpc) is 2.79. The lowest BCUT2D eigenvalue weighted by atomic mass is 9.89. The summed E-state index contributed by atoms with van der Waals surface area (Å²) in [6.45, 7) is 0.896. The van der Waals surface area contributed by atoms with Crippen molar-refractivity contribution in [2.75, 3.05) is 6.54 Å². The Labute approximate surface area is 113 Å². The largest absolute Gasteiger partial charge is 0.356 e. The fraction of sp³-hybridized carbons (Fsp3) is 0.929. The van der Waals surface area contributed by atoms with Crippen LogP contribution in [-0.2, 0) is 4.79 Å². The molecule has 0 saturated heterocycles. The van der Waals surface area contributed by atoms with Crippen LogP contribution < -0.4 is 5.32 Å². The van der Waals surface area contributed by atoms with Crippen molar-refractivity contribution in [3.8, 4) is 0 Å². The summed E-state index contributed by atoms with van der Waals surface area (Å²) in [6, 6.07) is 0. The summed E-state index contributed by atoms with van der Waals surface area (Å²) >= 11 is 3.69. The van der Waals surface area contributed by atoms with Gasteiger partial charge in [-0.15, -0.1) is 0 Å². The van der Waals surface area contributed by atoms with E-state index in [-0.39, 0.29) is 5.91 Å². The van der Waals surface area contributed by atoms with Crippen LogP contribution in [0.4, 0.5) is 0 Å². The molecule has 2 atom stereocenters. The van der Waals surface area contributed by atoms with Crippen molar-refractivity contribution < 1.29 is 4.79 Å². The standard InChI is InChI=1S/C14H24BrNO/c15-13-7-3-6-12(8-13)10-16-14(17)9-11-4-1-2-5-11/h11-13H,1-10H2,(H,16,17). The zero-order chi connectivity index (χ0) is 12.1. The van der Waals surface area contributed by atoms with E-state index in [1.165, 1.54) is 51.4 Å². The van der Waals surface area contributed by atoms with Crippen LogP contribution in [0.3, 0.4) is 0 Å². The molecule has 0 bridgehead atoms. The first-order chi connectivity index (χ1) is 8.24. The van der Waals surface area contributed by atoms with Gasteiger partial charge in [-0.25, -0.2) is 0 Å². The van der Waals surface area contributed by atoms with Gasteiger partial charge in [-0.3, -0.25) is 4.79 Å². The summed E-state index contributed by atoms with van der Waals surface area (Å²) in [7, 11) is 0. The van der Waals surface area contributed by atoms with Crippen molar-refractivity contribution in [2.24, 2.45) is 11.8 Å². The molecule has 1 amide bonds. The molecule has 0 aromatic heterocycles. The Morgan fingerprint density at radius 2 is 1.76 bits per heavy atom. The SMILES string of the molecule is O=C(CC1CCCC1)NCC1CCCC(Br)C1. The molecule has 17 heavy (non-hydrogen) atoms. The Morgan fingerprint density at radius 3 is 2.47 bits per heavy atom. The maximum Gasteiger partial charge on any atom is 0.220 e. The minimum absolute atomic E-state index is 0.286. The lowest BCUT2D eigenvalue weighted by Gasteiger charge is -2.25. The summed E-state index contributed by atoms with van der Waals surface area (Å²) in [5.41, 5.74) is 0. The molecular formula is C14H24BrNO. The molecule has 0 aliphatic heterocycles. The topological polar surface area (TPSA) is 29.1 Å². The van der Waals surface area contributed by atoms with E-state index in [1.54, 1.807) is 0 Å². The van der Waals surface area contributed by atoms with Gasteiger partial charge in [0.1, 0.15) is 0 Å². The highest BCUT2D eigenvalue weighted by Gasteiger charge is 2.22. The van der Waals surface area contributed by atoms with E-state index in [0.717, 1.165) is 13.0 Å². The van der Waals surface area contributed by atoms with E-state index in [2.05, 4.69) is 21.2 Å². The van der Waals surface area contributed by atoms with Gasteiger partial charge < -0.3 is 5.32 Å². The van der Waals surface area contributed by atoms with E-state index < -0.39 is 0 Å². The van der Waals surface area contributed by atoms with Crippen LogP contribution in [0.1, 0.15) is 57.8 Å². The maximum absolute atomic E-state index is 11.8. The Hall–Kier alpha value is -0.0500. The highest BCUT2D eigenvalue weighted by atomic mass is 79.9. The van der Waals surface area contributed by atoms with Gasteiger partial charge in [-0.1, -0.05) is 35.2 Å². The monoisotopic (exact) mass is 301 g/mol. The van der Waals surface area contributed by atoms with Crippen LogP contribution in [-0.4, -0.2) is 17.3 Å². The summed E-state index contributed by atoms with van der Waals surface area (Å²) < 4.78 is 0. The number of carbonyl (C=O) groups is 1. The second-order valence-corrected chi connectivity index (χ2v) is 7.08. The Bertz CT molecular complexity index is 251. The lowest BCUT2D eigenvalue weighted by molar-refractivity contribution is -0.122. The van der Waals surface area contributed by atoms with Gasteiger partial charge in [0.2, 0.25) is 5.91 Å². The number of hydrogen-bond donors (Lipinski definition) is 1. The lowest BCUT2D eigenvalue weighted by Crippen LogP contribution is -2.32. The molecule has 0 heterocycles. The van der Waals surface area contributed by atoms with E-state index in [0.29, 0.717) is 16.7 Å². The molecule has 3 heteroatoms. The number of hydrogen-bond acceptors (Lipinski definition) is 1. The van der Waals surface area contributed by atoms with Gasteiger partial charge >= 0.3 is 0 Å². The Kier molecular flexibility index (Phi) is 5.33. The zero-order valence-corrected chi connectivity index (χ0v) is 12.2. The van der Waals surface area contributed by atoms with Crippen molar-refractivity contribution in [1.29, 1.82) is 0 Å². The Morgan fingerprint density at radius 1 is 1.06 bits per heavy atom. The zero-order valence-electron chi connectivity index (χ0n) is 10.6. The number of rotatable bonds is 4. The molecule has 2 fully saturated rings. The molecule has 0 spiro atoms. The molecular weight excluding hydrogens is 278 g/mol. The van der Waals surface area contributed by atoms with E-state index in [1.807, 2.05) is 0 Å². The van der Waals surface area contributed by atoms with Crippen molar-refractivity contribution in [3.63, 3.8) is 0 Å². The first-order valence-corrected chi connectivity index (χ1v) is 8.06. The van der Waals surface area contributed by atoms with Crippen LogP contribution in [0.5, 0.6) is 0 Å². The van der Waals surface area contributed by atoms with Gasteiger partial charge in [0.05, 0.1) is 0 Å². The minimum atomic E-state index is 0.286. The molecule has 98 valence electrons. The quantitative estimate of drug-likeness (QED) is 0.789. The molecule has 2 nitrogen and oxygen atoms in total. The van der Waals surface area contributed by atoms with Crippen LogP contribution in [0.15, 0.2) is 0 Å². The summed E-state index contributed by atoms with van der Waals surface area (Å²) in [5, 5.41) is 3.14. The van der Waals surface area contributed by atoms with Crippen LogP contribution in [0.25, 0.3) is 0 Å². The minimum Gasteiger partial charge on any atom is -0.356 e.